The summed E-state index contributed by atoms with van der Waals surface area (Å²) in [4.78, 5) is 0. The van der Waals surface area contributed by atoms with Crippen LogP contribution in [0.2, 0.25) is 0 Å². The Morgan fingerprint density at radius 1 is 0.741 bits per heavy atom. The molecule has 0 atom stereocenters. The molecule has 3 aromatic carbocycles. The first kappa shape index (κ1) is 18.8. The van der Waals surface area contributed by atoms with Crippen LogP contribution in [0.5, 0.6) is 11.5 Å². The van der Waals surface area contributed by atoms with Crippen LogP contribution in [0.3, 0.4) is 0 Å². The van der Waals surface area contributed by atoms with Crippen molar-refractivity contribution < 1.29 is 9.47 Å². The van der Waals surface area contributed by atoms with E-state index < -0.39 is 0 Å². The van der Waals surface area contributed by atoms with Gasteiger partial charge in [-0.15, -0.1) is 0 Å². The van der Waals surface area contributed by atoms with Gasteiger partial charge in [0.15, 0.2) is 11.5 Å². The topological polar surface area (TPSA) is 30.5 Å². The van der Waals surface area contributed by atoms with Crippen LogP contribution in [0.15, 0.2) is 60.7 Å². The SMILES string of the molecule is COc1cc(CNc2ccc(C)cc2C)ccc1OCc1ccc(C)cc1. The summed E-state index contributed by atoms with van der Waals surface area (Å²) in [5.74, 6) is 1.51. The van der Waals surface area contributed by atoms with Gasteiger partial charge >= 0.3 is 0 Å². The number of hydrogen-bond donors (Lipinski definition) is 1. The van der Waals surface area contributed by atoms with Gasteiger partial charge in [0.25, 0.3) is 0 Å². The normalized spacial score (nSPS) is 10.5. The highest BCUT2D eigenvalue weighted by Gasteiger charge is 2.07. The number of hydrogen-bond acceptors (Lipinski definition) is 3. The molecule has 0 aliphatic heterocycles. The first-order valence-corrected chi connectivity index (χ1v) is 9.21. The number of benzene rings is 3. The lowest BCUT2D eigenvalue weighted by atomic mass is 10.1. The third-order valence-corrected chi connectivity index (χ3v) is 4.61. The van der Waals surface area contributed by atoms with E-state index in [2.05, 4.69) is 74.6 Å². The van der Waals surface area contributed by atoms with Crippen molar-refractivity contribution in [2.45, 2.75) is 33.9 Å². The van der Waals surface area contributed by atoms with Gasteiger partial charge in [0.05, 0.1) is 7.11 Å². The summed E-state index contributed by atoms with van der Waals surface area (Å²) >= 11 is 0. The maximum atomic E-state index is 5.96. The van der Waals surface area contributed by atoms with Crippen molar-refractivity contribution in [2.24, 2.45) is 0 Å². The maximum absolute atomic E-state index is 5.96. The monoisotopic (exact) mass is 361 g/mol. The molecular formula is C24H27NO2. The number of nitrogens with one attached hydrogen (secondary N) is 1. The predicted octanol–water partition coefficient (Wildman–Crippen LogP) is 5.81. The minimum absolute atomic E-state index is 0.525. The second kappa shape index (κ2) is 8.63. The van der Waals surface area contributed by atoms with Crippen molar-refractivity contribution in [3.05, 3.63) is 88.5 Å². The lowest BCUT2D eigenvalue weighted by molar-refractivity contribution is 0.284. The summed E-state index contributed by atoms with van der Waals surface area (Å²) in [5, 5.41) is 3.49. The van der Waals surface area contributed by atoms with Gasteiger partial charge in [-0.05, 0) is 55.7 Å². The fourth-order valence-electron chi connectivity index (χ4n) is 3.00. The van der Waals surface area contributed by atoms with Gasteiger partial charge in [-0.25, -0.2) is 0 Å². The van der Waals surface area contributed by atoms with Gasteiger partial charge in [-0.2, -0.15) is 0 Å². The Bertz CT molecular complexity index is 901. The van der Waals surface area contributed by atoms with E-state index >= 15 is 0 Å². The van der Waals surface area contributed by atoms with E-state index in [1.807, 2.05) is 12.1 Å². The fraction of sp³-hybridized carbons (Fsp3) is 0.250. The summed E-state index contributed by atoms with van der Waals surface area (Å²) in [6.45, 7) is 7.57. The zero-order valence-electron chi connectivity index (χ0n) is 16.5. The molecule has 0 saturated carbocycles. The summed E-state index contributed by atoms with van der Waals surface area (Å²) < 4.78 is 11.5. The molecule has 0 spiro atoms. The molecule has 0 radical (unpaired) electrons. The van der Waals surface area contributed by atoms with Gasteiger partial charge in [0.1, 0.15) is 6.61 Å². The lowest BCUT2D eigenvalue weighted by Gasteiger charge is -2.14. The van der Waals surface area contributed by atoms with Gasteiger partial charge in [-0.1, -0.05) is 53.6 Å². The Hall–Kier alpha value is -2.94. The number of methoxy groups -OCH3 is 1. The van der Waals surface area contributed by atoms with Crippen LogP contribution < -0.4 is 14.8 Å². The molecule has 0 bridgehead atoms. The highest BCUT2D eigenvalue weighted by atomic mass is 16.5. The fourth-order valence-corrected chi connectivity index (χ4v) is 3.00. The number of aryl methyl sites for hydroxylation is 3. The molecule has 140 valence electrons. The molecule has 3 nitrogen and oxygen atoms in total. The molecule has 0 aliphatic rings. The van der Waals surface area contributed by atoms with E-state index in [4.69, 9.17) is 9.47 Å². The molecule has 3 rings (SSSR count). The standard InChI is InChI=1S/C24H27NO2/c1-17-5-8-20(9-6-17)16-27-23-12-10-21(14-24(23)26-4)15-25-22-11-7-18(2)13-19(22)3/h5-14,25H,15-16H2,1-4H3. The molecular weight excluding hydrogens is 334 g/mol. The van der Waals surface area contributed by atoms with Crippen molar-refractivity contribution in [3.63, 3.8) is 0 Å². The summed E-state index contributed by atoms with van der Waals surface area (Å²) in [6, 6.07) is 20.9. The van der Waals surface area contributed by atoms with Crippen LogP contribution in [0.4, 0.5) is 5.69 Å². The van der Waals surface area contributed by atoms with Crippen LogP contribution in [-0.4, -0.2) is 7.11 Å². The second-order valence-electron chi connectivity index (χ2n) is 6.93. The Balaban J connectivity index is 1.65. The molecule has 27 heavy (non-hydrogen) atoms. The van der Waals surface area contributed by atoms with Gasteiger partial charge in [0.2, 0.25) is 0 Å². The maximum Gasteiger partial charge on any atom is 0.161 e. The van der Waals surface area contributed by atoms with Gasteiger partial charge < -0.3 is 14.8 Å². The van der Waals surface area contributed by atoms with Crippen LogP contribution >= 0.6 is 0 Å². The highest BCUT2D eigenvalue weighted by molar-refractivity contribution is 5.53. The zero-order valence-corrected chi connectivity index (χ0v) is 16.5. The van der Waals surface area contributed by atoms with Crippen LogP contribution in [-0.2, 0) is 13.2 Å². The van der Waals surface area contributed by atoms with E-state index in [1.165, 1.54) is 16.7 Å². The summed E-state index contributed by atoms with van der Waals surface area (Å²) in [7, 11) is 1.68. The Labute approximate surface area is 162 Å². The van der Waals surface area contributed by atoms with E-state index in [9.17, 15) is 0 Å². The first-order chi connectivity index (χ1) is 13.0. The molecule has 0 heterocycles. The minimum Gasteiger partial charge on any atom is -0.493 e. The molecule has 0 unspecified atom stereocenters. The van der Waals surface area contributed by atoms with E-state index in [0.717, 1.165) is 34.9 Å². The Morgan fingerprint density at radius 2 is 1.44 bits per heavy atom. The number of ether oxygens (including phenoxy) is 2. The average molecular weight is 361 g/mol. The van der Waals surface area contributed by atoms with Crippen molar-refractivity contribution in [2.75, 3.05) is 12.4 Å². The van der Waals surface area contributed by atoms with Gasteiger partial charge in [0, 0.05) is 12.2 Å². The van der Waals surface area contributed by atoms with Crippen molar-refractivity contribution >= 4 is 5.69 Å². The van der Waals surface area contributed by atoms with Gasteiger partial charge in [-0.3, -0.25) is 0 Å². The smallest absolute Gasteiger partial charge is 0.161 e. The van der Waals surface area contributed by atoms with E-state index in [1.54, 1.807) is 7.11 Å². The summed E-state index contributed by atoms with van der Waals surface area (Å²) in [5.41, 5.74) is 7.21. The molecule has 0 amide bonds. The molecule has 3 aromatic rings. The molecule has 0 fully saturated rings. The van der Waals surface area contributed by atoms with Crippen LogP contribution in [0.1, 0.15) is 27.8 Å². The Kier molecular flexibility index (Phi) is 6.02. The highest BCUT2D eigenvalue weighted by Crippen LogP contribution is 2.29. The molecule has 0 saturated heterocycles. The Morgan fingerprint density at radius 3 is 2.15 bits per heavy atom. The van der Waals surface area contributed by atoms with Crippen molar-refractivity contribution in [1.82, 2.24) is 0 Å². The first-order valence-electron chi connectivity index (χ1n) is 9.21. The zero-order chi connectivity index (χ0) is 19.2. The number of rotatable bonds is 7. The largest absolute Gasteiger partial charge is 0.493 e. The molecule has 1 N–H and O–H groups in total. The predicted molar refractivity (Wildman–Crippen MR) is 112 cm³/mol. The van der Waals surface area contributed by atoms with E-state index in [0.29, 0.717) is 6.61 Å². The molecule has 0 aromatic heterocycles. The average Bonchev–Trinajstić information content (AvgIpc) is 2.67. The van der Waals surface area contributed by atoms with Crippen LogP contribution in [0, 0.1) is 20.8 Å². The molecule has 3 heteroatoms. The third-order valence-electron chi connectivity index (χ3n) is 4.61. The third kappa shape index (κ3) is 5.04. The van der Waals surface area contributed by atoms with Crippen LogP contribution in [0.25, 0.3) is 0 Å². The van der Waals surface area contributed by atoms with Crippen molar-refractivity contribution in [3.8, 4) is 11.5 Å². The van der Waals surface area contributed by atoms with Crippen molar-refractivity contribution in [1.29, 1.82) is 0 Å². The second-order valence-corrected chi connectivity index (χ2v) is 6.93. The summed E-state index contributed by atoms with van der Waals surface area (Å²) in [6.07, 6.45) is 0. The quantitative estimate of drug-likeness (QED) is 0.576. The van der Waals surface area contributed by atoms with E-state index in [-0.39, 0.29) is 0 Å². The number of anilines is 1. The lowest BCUT2D eigenvalue weighted by Crippen LogP contribution is -2.03. The molecule has 0 aliphatic carbocycles. The minimum atomic E-state index is 0.525.